The average Bonchev–Trinajstić information content (AvgIpc) is 2.97. The van der Waals surface area contributed by atoms with Crippen LogP contribution in [0.5, 0.6) is 0 Å². The van der Waals surface area contributed by atoms with Crippen molar-refractivity contribution in [2.45, 2.75) is 170 Å². The molecule has 2 aromatic rings. The Labute approximate surface area is 252 Å². The maximum absolute atomic E-state index is 2.63. The van der Waals surface area contributed by atoms with Gasteiger partial charge in [0, 0.05) is 0 Å². The molecule has 0 spiro atoms. The van der Waals surface area contributed by atoms with Crippen molar-refractivity contribution in [3.05, 3.63) is 57.6 Å². The maximum atomic E-state index is 2.63. The number of hydrogen-bond donors (Lipinski definition) is 0. The summed E-state index contributed by atoms with van der Waals surface area (Å²) in [5.74, 6) is 0. The average molecular weight is 565 g/mol. The molecular formula is C39H65P. The number of unbranched alkanes of at least 4 members (excludes halogenated alkanes) is 6. The van der Waals surface area contributed by atoms with Gasteiger partial charge in [0.15, 0.2) is 0 Å². The van der Waals surface area contributed by atoms with Gasteiger partial charge in [-0.25, -0.2) is 0 Å². The number of hydrogen-bond acceptors (Lipinski definition) is 0. The van der Waals surface area contributed by atoms with Gasteiger partial charge in [0.2, 0.25) is 0 Å². The van der Waals surface area contributed by atoms with E-state index in [1.165, 1.54) is 128 Å². The molecule has 0 saturated heterocycles. The fourth-order valence-corrected chi connectivity index (χ4v) is 9.20. The maximum Gasteiger partial charge on any atom is -0.0160 e. The first kappa shape index (κ1) is 35.1. The minimum absolute atomic E-state index is 0.339. The van der Waals surface area contributed by atoms with Crippen molar-refractivity contribution in [1.29, 1.82) is 0 Å². The minimum Gasteiger partial charge on any atom is -0.0654 e. The molecule has 0 radical (unpaired) electrons. The highest BCUT2D eigenvalue weighted by Crippen LogP contribution is 2.41. The summed E-state index contributed by atoms with van der Waals surface area (Å²) in [6.07, 6.45) is 25.8. The van der Waals surface area contributed by atoms with Crippen LogP contribution in [-0.2, 0) is 38.5 Å². The van der Waals surface area contributed by atoms with Crippen LogP contribution in [0, 0.1) is 0 Å². The van der Waals surface area contributed by atoms with Crippen LogP contribution in [0.1, 0.15) is 165 Å². The lowest BCUT2D eigenvalue weighted by Crippen LogP contribution is -2.25. The highest BCUT2D eigenvalue weighted by atomic mass is 31.1. The van der Waals surface area contributed by atoms with E-state index in [1.54, 1.807) is 44.0 Å². The predicted octanol–water partition coefficient (Wildman–Crippen LogP) is 11.6. The summed E-state index contributed by atoms with van der Waals surface area (Å²) in [6.45, 7) is 16.6. The number of rotatable bonds is 22. The minimum atomic E-state index is -0.339. The van der Waals surface area contributed by atoms with Gasteiger partial charge in [-0.1, -0.05) is 118 Å². The molecule has 0 nitrogen and oxygen atoms in total. The van der Waals surface area contributed by atoms with Gasteiger partial charge in [0.1, 0.15) is 0 Å². The molecule has 0 aliphatic carbocycles. The van der Waals surface area contributed by atoms with Crippen molar-refractivity contribution >= 4 is 18.5 Å². The SMILES string of the molecule is CCCCc1ccc(P(CCC)c2ccc(CCCC)c(CCCC)c2CCCC)c(CCCC)c1CCCC. The Balaban J connectivity index is 2.80. The van der Waals surface area contributed by atoms with Gasteiger partial charge in [-0.2, -0.15) is 0 Å². The van der Waals surface area contributed by atoms with Crippen LogP contribution in [0.3, 0.4) is 0 Å². The van der Waals surface area contributed by atoms with Crippen molar-refractivity contribution in [3.63, 3.8) is 0 Å². The molecule has 0 heterocycles. The molecule has 0 fully saturated rings. The molecule has 0 atom stereocenters. The summed E-state index contributed by atoms with van der Waals surface area (Å²) in [5.41, 5.74) is 10.4. The summed E-state index contributed by atoms with van der Waals surface area (Å²) < 4.78 is 0. The van der Waals surface area contributed by atoms with E-state index in [0.717, 1.165) is 0 Å². The Morgan fingerprint density at radius 2 is 0.700 bits per heavy atom. The third-order valence-corrected chi connectivity index (χ3v) is 11.7. The summed E-state index contributed by atoms with van der Waals surface area (Å²) in [5, 5.41) is 3.49. The van der Waals surface area contributed by atoms with E-state index in [0.29, 0.717) is 0 Å². The van der Waals surface area contributed by atoms with E-state index >= 15 is 0 Å². The van der Waals surface area contributed by atoms with Crippen LogP contribution in [0.25, 0.3) is 0 Å². The van der Waals surface area contributed by atoms with E-state index in [4.69, 9.17) is 0 Å². The first-order valence-corrected chi connectivity index (χ1v) is 19.2. The van der Waals surface area contributed by atoms with Gasteiger partial charge < -0.3 is 0 Å². The fourth-order valence-electron chi connectivity index (χ4n) is 6.36. The van der Waals surface area contributed by atoms with Gasteiger partial charge >= 0.3 is 0 Å². The normalized spacial score (nSPS) is 11.6. The lowest BCUT2D eigenvalue weighted by atomic mass is 9.90. The molecule has 0 N–H and O–H groups in total. The number of benzene rings is 2. The topological polar surface area (TPSA) is 0 Å². The molecule has 0 aliphatic heterocycles. The lowest BCUT2D eigenvalue weighted by molar-refractivity contribution is 0.736. The van der Waals surface area contributed by atoms with Gasteiger partial charge in [0.05, 0.1) is 0 Å². The van der Waals surface area contributed by atoms with Gasteiger partial charge in [-0.15, -0.1) is 0 Å². The Bertz CT molecular complexity index is 880. The highest BCUT2D eigenvalue weighted by Gasteiger charge is 2.24. The van der Waals surface area contributed by atoms with Crippen molar-refractivity contribution < 1.29 is 0 Å². The second kappa shape index (κ2) is 20.7. The monoisotopic (exact) mass is 564 g/mol. The third kappa shape index (κ3) is 10.3. The number of aryl methyl sites for hydroxylation is 2. The van der Waals surface area contributed by atoms with Gasteiger partial charge in [0.25, 0.3) is 0 Å². The first-order chi connectivity index (χ1) is 19.6. The fraction of sp³-hybridized carbons (Fsp3) is 0.692. The van der Waals surface area contributed by atoms with Crippen LogP contribution in [0.15, 0.2) is 24.3 Å². The zero-order valence-corrected chi connectivity index (χ0v) is 28.8. The highest BCUT2D eigenvalue weighted by molar-refractivity contribution is 7.73. The summed E-state index contributed by atoms with van der Waals surface area (Å²) >= 11 is 0. The van der Waals surface area contributed by atoms with Crippen LogP contribution in [-0.4, -0.2) is 6.16 Å². The molecule has 0 saturated carbocycles. The van der Waals surface area contributed by atoms with Crippen molar-refractivity contribution in [1.82, 2.24) is 0 Å². The molecule has 0 bridgehead atoms. The molecule has 40 heavy (non-hydrogen) atoms. The quantitative estimate of drug-likeness (QED) is 0.125. The van der Waals surface area contributed by atoms with E-state index < -0.39 is 0 Å². The van der Waals surface area contributed by atoms with E-state index in [1.807, 2.05) is 0 Å². The van der Waals surface area contributed by atoms with Gasteiger partial charge in [-0.05, 0) is 135 Å². The van der Waals surface area contributed by atoms with E-state index in [9.17, 15) is 0 Å². The second-order valence-electron chi connectivity index (χ2n) is 12.2. The smallest absolute Gasteiger partial charge is 0.0160 e. The van der Waals surface area contributed by atoms with E-state index in [2.05, 4.69) is 72.7 Å². The predicted molar refractivity (Wildman–Crippen MR) is 186 cm³/mol. The standard InChI is InChI=1S/C39H65P/c1-8-15-21-32-27-29-38(36(25-19-12-5)34(32)23-17-10-3)40(31-14-7)39-30-28-33(22-16-9-2)35(24-18-11-4)37(39)26-20-13-6/h27-30H,8-26,31H2,1-7H3. The van der Waals surface area contributed by atoms with Crippen LogP contribution in [0.2, 0.25) is 0 Å². The van der Waals surface area contributed by atoms with Crippen LogP contribution < -0.4 is 10.6 Å². The Morgan fingerprint density at radius 3 is 1.02 bits per heavy atom. The molecule has 2 rings (SSSR count). The molecular weight excluding hydrogens is 499 g/mol. The molecule has 0 aromatic heterocycles. The van der Waals surface area contributed by atoms with Crippen LogP contribution >= 0.6 is 7.92 Å². The van der Waals surface area contributed by atoms with Crippen molar-refractivity contribution in [2.24, 2.45) is 0 Å². The Hall–Kier alpha value is -1.13. The zero-order chi connectivity index (χ0) is 29.2. The Kier molecular flexibility index (Phi) is 18.1. The molecule has 0 unspecified atom stereocenters. The third-order valence-electron chi connectivity index (χ3n) is 8.76. The summed E-state index contributed by atoms with van der Waals surface area (Å²) in [4.78, 5) is 0. The lowest BCUT2D eigenvalue weighted by Gasteiger charge is -2.29. The molecule has 0 aliphatic rings. The molecule has 226 valence electrons. The zero-order valence-electron chi connectivity index (χ0n) is 27.9. The summed E-state index contributed by atoms with van der Waals surface area (Å²) in [6, 6.07) is 10.4. The van der Waals surface area contributed by atoms with Crippen molar-refractivity contribution in [3.8, 4) is 0 Å². The van der Waals surface area contributed by atoms with Crippen LogP contribution in [0.4, 0.5) is 0 Å². The largest absolute Gasteiger partial charge is 0.0654 e. The molecule has 2 aromatic carbocycles. The second-order valence-corrected chi connectivity index (χ2v) is 14.4. The molecule has 1 heteroatoms. The van der Waals surface area contributed by atoms with Crippen molar-refractivity contribution in [2.75, 3.05) is 6.16 Å². The molecule has 0 amide bonds. The van der Waals surface area contributed by atoms with E-state index in [-0.39, 0.29) is 7.92 Å². The summed E-state index contributed by atoms with van der Waals surface area (Å²) in [7, 11) is -0.339. The Morgan fingerprint density at radius 1 is 0.375 bits per heavy atom. The first-order valence-electron chi connectivity index (χ1n) is 17.7. The van der Waals surface area contributed by atoms with Gasteiger partial charge in [-0.3, -0.25) is 0 Å².